The molecule has 1 aliphatic heterocycles. The Morgan fingerprint density at radius 1 is 0.941 bits per heavy atom. The molecular formula is C29H25N3O2. The van der Waals surface area contributed by atoms with Gasteiger partial charge in [0.05, 0.1) is 6.42 Å². The largest absolute Gasteiger partial charge is 0.322 e. The zero-order valence-corrected chi connectivity index (χ0v) is 19.0. The SMILES string of the molecule is Cc1ccc(C(=O)Nc2ccc3c(c2)CCN3C(=O)Cc2ccccn2)c(-c2ccccc2)c1. The molecule has 5 rings (SSSR count). The number of amides is 2. The van der Waals surface area contributed by atoms with Crippen LogP contribution in [-0.2, 0) is 17.6 Å². The summed E-state index contributed by atoms with van der Waals surface area (Å²) in [7, 11) is 0. The normalized spacial score (nSPS) is 12.3. The first kappa shape index (κ1) is 21.6. The molecule has 5 heteroatoms. The lowest BCUT2D eigenvalue weighted by Gasteiger charge is -2.18. The van der Waals surface area contributed by atoms with Crippen molar-refractivity contribution in [3.05, 3.63) is 114 Å². The fourth-order valence-corrected chi connectivity index (χ4v) is 4.40. The van der Waals surface area contributed by atoms with Gasteiger partial charge in [0, 0.05) is 35.4 Å². The Morgan fingerprint density at radius 2 is 1.76 bits per heavy atom. The van der Waals surface area contributed by atoms with Gasteiger partial charge in [0.2, 0.25) is 5.91 Å². The summed E-state index contributed by atoms with van der Waals surface area (Å²) in [5.41, 5.74) is 7.09. The number of carbonyl (C=O) groups is 2. The van der Waals surface area contributed by atoms with Crippen LogP contribution in [0.4, 0.5) is 11.4 Å². The Balaban J connectivity index is 1.34. The summed E-state index contributed by atoms with van der Waals surface area (Å²) in [5.74, 6) is -0.124. The number of nitrogens with zero attached hydrogens (tertiary/aromatic N) is 2. The highest BCUT2D eigenvalue weighted by molar-refractivity contribution is 6.09. The van der Waals surface area contributed by atoms with Gasteiger partial charge in [0.25, 0.3) is 5.91 Å². The first-order valence-electron chi connectivity index (χ1n) is 11.4. The summed E-state index contributed by atoms with van der Waals surface area (Å²) in [5, 5.41) is 3.05. The molecule has 0 bridgehead atoms. The summed E-state index contributed by atoms with van der Waals surface area (Å²) in [4.78, 5) is 32.1. The number of anilines is 2. The van der Waals surface area contributed by atoms with E-state index in [1.54, 1.807) is 6.20 Å². The van der Waals surface area contributed by atoms with Gasteiger partial charge in [-0.05, 0) is 66.4 Å². The van der Waals surface area contributed by atoms with Crippen molar-refractivity contribution in [1.29, 1.82) is 0 Å². The lowest BCUT2D eigenvalue weighted by Crippen LogP contribution is -2.30. The standard InChI is InChI=1S/C29H25N3O2/c1-20-10-12-25(26(17-20)21-7-3-2-4-8-21)29(34)31-24-11-13-27-22(18-24)14-16-32(27)28(33)19-23-9-5-6-15-30-23/h2-13,15,17-18H,14,16,19H2,1H3,(H,31,34). The minimum absolute atomic E-state index is 0.0291. The van der Waals surface area contributed by atoms with Crippen molar-refractivity contribution in [2.75, 3.05) is 16.8 Å². The second-order valence-corrected chi connectivity index (χ2v) is 8.51. The summed E-state index contributed by atoms with van der Waals surface area (Å²) < 4.78 is 0. The van der Waals surface area contributed by atoms with E-state index in [0.29, 0.717) is 12.1 Å². The van der Waals surface area contributed by atoms with Crippen LogP contribution in [0, 0.1) is 6.92 Å². The minimum atomic E-state index is -0.153. The van der Waals surface area contributed by atoms with Crippen molar-refractivity contribution in [3.63, 3.8) is 0 Å². The molecule has 5 nitrogen and oxygen atoms in total. The van der Waals surface area contributed by atoms with Crippen molar-refractivity contribution >= 4 is 23.2 Å². The molecule has 0 radical (unpaired) electrons. The van der Waals surface area contributed by atoms with Crippen LogP contribution >= 0.6 is 0 Å². The van der Waals surface area contributed by atoms with Gasteiger partial charge >= 0.3 is 0 Å². The van der Waals surface area contributed by atoms with E-state index in [1.165, 1.54) is 0 Å². The fraction of sp³-hybridized carbons (Fsp3) is 0.138. The number of aryl methyl sites for hydroxylation is 1. The first-order chi connectivity index (χ1) is 16.6. The Hall–Kier alpha value is -4.25. The first-order valence-corrected chi connectivity index (χ1v) is 11.4. The Labute approximate surface area is 199 Å². The van der Waals surface area contributed by atoms with E-state index in [2.05, 4.69) is 10.3 Å². The van der Waals surface area contributed by atoms with Crippen LogP contribution in [0.15, 0.2) is 91.1 Å². The Bertz CT molecular complexity index is 1350. The lowest BCUT2D eigenvalue weighted by molar-refractivity contribution is -0.117. The van der Waals surface area contributed by atoms with Crippen molar-refractivity contribution < 1.29 is 9.59 Å². The highest BCUT2D eigenvalue weighted by Crippen LogP contribution is 2.32. The molecule has 0 saturated heterocycles. The molecule has 168 valence electrons. The van der Waals surface area contributed by atoms with Crippen molar-refractivity contribution in [2.45, 2.75) is 19.8 Å². The quantitative estimate of drug-likeness (QED) is 0.443. The summed E-state index contributed by atoms with van der Waals surface area (Å²) in [6.07, 6.45) is 2.73. The molecule has 0 aliphatic carbocycles. The third kappa shape index (κ3) is 4.46. The molecule has 0 fully saturated rings. The number of aromatic nitrogens is 1. The molecule has 1 N–H and O–H groups in total. The van der Waals surface area contributed by atoms with E-state index in [1.807, 2.05) is 96.8 Å². The average molecular weight is 448 g/mol. The third-order valence-corrected chi connectivity index (χ3v) is 6.10. The second kappa shape index (κ2) is 9.32. The molecule has 4 aromatic rings. The van der Waals surface area contributed by atoms with Crippen LogP contribution in [0.5, 0.6) is 0 Å². The smallest absolute Gasteiger partial charge is 0.256 e. The predicted octanol–water partition coefficient (Wildman–Crippen LogP) is 5.44. The van der Waals surface area contributed by atoms with Gasteiger partial charge in [0.15, 0.2) is 0 Å². The maximum Gasteiger partial charge on any atom is 0.256 e. The highest BCUT2D eigenvalue weighted by atomic mass is 16.2. The lowest BCUT2D eigenvalue weighted by atomic mass is 9.97. The van der Waals surface area contributed by atoms with Gasteiger partial charge in [-0.15, -0.1) is 0 Å². The molecule has 1 aromatic heterocycles. The van der Waals surface area contributed by atoms with Crippen molar-refractivity contribution in [3.8, 4) is 11.1 Å². The number of nitrogens with one attached hydrogen (secondary N) is 1. The molecule has 0 saturated carbocycles. The van der Waals surface area contributed by atoms with Gasteiger partial charge in [-0.1, -0.05) is 54.1 Å². The van der Waals surface area contributed by atoms with Crippen LogP contribution in [0.2, 0.25) is 0 Å². The van der Waals surface area contributed by atoms with E-state index in [0.717, 1.165) is 45.7 Å². The maximum absolute atomic E-state index is 13.2. The number of fused-ring (bicyclic) bond motifs is 1. The Morgan fingerprint density at radius 3 is 2.56 bits per heavy atom. The number of carbonyl (C=O) groups excluding carboxylic acids is 2. The molecular weight excluding hydrogens is 422 g/mol. The summed E-state index contributed by atoms with van der Waals surface area (Å²) in [6.45, 7) is 2.66. The zero-order chi connectivity index (χ0) is 23.5. The van der Waals surface area contributed by atoms with Gasteiger partial charge in [-0.25, -0.2) is 0 Å². The van der Waals surface area contributed by atoms with Crippen LogP contribution in [0.1, 0.15) is 27.2 Å². The van der Waals surface area contributed by atoms with Gasteiger partial charge in [-0.2, -0.15) is 0 Å². The minimum Gasteiger partial charge on any atom is -0.322 e. The van der Waals surface area contributed by atoms with Crippen LogP contribution < -0.4 is 10.2 Å². The van der Waals surface area contributed by atoms with E-state index in [-0.39, 0.29) is 18.2 Å². The molecule has 2 heterocycles. The third-order valence-electron chi connectivity index (χ3n) is 6.10. The average Bonchev–Trinajstić information content (AvgIpc) is 3.28. The molecule has 2 amide bonds. The topological polar surface area (TPSA) is 62.3 Å². The molecule has 3 aromatic carbocycles. The number of pyridine rings is 1. The molecule has 0 unspecified atom stereocenters. The second-order valence-electron chi connectivity index (χ2n) is 8.51. The zero-order valence-electron chi connectivity index (χ0n) is 19.0. The van der Waals surface area contributed by atoms with Crippen molar-refractivity contribution in [1.82, 2.24) is 4.98 Å². The summed E-state index contributed by atoms with van der Waals surface area (Å²) in [6, 6.07) is 27.1. The van der Waals surface area contributed by atoms with Crippen LogP contribution in [0.3, 0.4) is 0 Å². The van der Waals surface area contributed by atoms with E-state index < -0.39 is 0 Å². The van der Waals surface area contributed by atoms with Gasteiger partial charge < -0.3 is 10.2 Å². The number of hydrogen-bond donors (Lipinski definition) is 1. The number of benzene rings is 3. The fourth-order valence-electron chi connectivity index (χ4n) is 4.40. The van der Waals surface area contributed by atoms with Crippen LogP contribution in [0.25, 0.3) is 11.1 Å². The molecule has 1 aliphatic rings. The number of rotatable bonds is 5. The predicted molar refractivity (Wildman–Crippen MR) is 135 cm³/mol. The molecule has 0 spiro atoms. The molecule has 34 heavy (non-hydrogen) atoms. The number of hydrogen-bond acceptors (Lipinski definition) is 3. The maximum atomic E-state index is 13.2. The van der Waals surface area contributed by atoms with Gasteiger partial charge in [0.1, 0.15) is 0 Å². The summed E-state index contributed by atoms with van der Waals surface area (Å²) >= 11 is 0. The highest BCUT2D eigenvalue weighted by Gasteiger charge is 2.25. The Kier molecular flexibility index (Phi) is 5.91. The van der Waals surface area contributed by atoms with Crippen molar-refractivity contribution in [2.24, 2.45) is 0 Å². The van der Waals surface area contributed by atoms with E-state index in [4.69, 9.17) is 0 Å². The molecule has 0 atom stereocenters. The van der Waals surface area contributed by atoms with Crippen LogP contribution in [-0.4, -0.2) is 23.3 Å². The van der Waals surface area contributed by atoms with E-state index >= 15 is 0 Å². The van der Waals surface area contributed by atoms with Gasteiger partial charge in [-0.3, -0.25) is 14.6 Å². The van der Waals surface area contributed by atoms with E-state index in [9.17, 15) is 9.59 Å². The monoisotopic (exact) mass is 447 g/mol.